The number of carbonyl (C=O) groups is 3. The number of ether oxygens (including phenoxy) is 1. The number of likely N-dealkylation sites (N-methyl/N-ethyl adjacent to an activating group) is 1. The Hall–Kier alpha value is -3.55. The SMILES string of the molecule is Cc1ccccc1C(C(=O)NC(C)(C)C)N(C)C(=O)C(Cc1ccc(O)cc1)NC(=O)OC(C)(C)C. The molecule has 2 unspecified atom stereocenters. The molecule has 0 spiro atoms. The summed E-state index contributed by atoms with van der Waals surface area (Å²) >= 11 is 0. The highest BCUT2D eigenvalue weighted by Crippen LogP contribution is 2.25. The monoisotopic (exact) mass is 497 g/mol. The molecule has 196 valence electrons. The van der Waals surface area contributed by atoms with E-state index in [0.29, 0.717) is 5.56 Å². The quantitative estimate of drug-likeness (QED) is 0.530. The van der Waals surface area contributed by atoms with Crippen LogP contribution in [0.25, 0.3) is 0 Å². The Morgan fingerprint density at radius 3 is 2.08 bits per heavy atom. The number of hydrogen-bond acceptors (Lipinski definition) is 5. The molecule has 0 heterocycles. The van der Waals surface area contributed by atoms with Crippen molar-refractivity contribution in [1.29, 1.82) is 0 Å². The number of phenols is 1. The maximum Gasteiger partial charge on any atom is 0.408 e. The molecule has 0 saturated carbocycles. The number of nitrogens with one attached hydrogen (secondary N) is 2. The summed E-state index contributed by atoms with van der Waals surface area (Å²) in [5.41, 5.74) is 1.01. The third-order valence-corrected chi connectivity index (χ3v) is 5.33. The van der Waals surface area contributed by atoms with E-state index in [-0.39, 0.29) is 18.1 Å². The topological polar surface area (TPSA) is 108 Å². The minimum atomic E-state index is -1.01. The Balaban J connectivity index is 2.44. The first-order valence-electron chi connectivity index (χ1n) is 12.0. The van der Waals surface area contributed by atoms with E-state index in [1.165, 1.54) is 17.0 Å². The van der Waals surface area contributed by atoms with Gasteiger partial charge in [0.1, 0.15) is 23.4 Å². The van der Waals surface area contributed by atoms with Gasteiger partial charge in [-0.3, -0.25) is 9.59 Å². The van der Waals surface area contributed by atoms with Crippen LogP contribution in [-0.2, 0) is 20.7 Å². The Morgan fingerprint density at radius 1 is 0.972 bits per heavy atom. The lowest BCUT2D eigenvalue weighted by atomic mass is 9.96. The molecule has 3 N–H and O–H groups in total. The number of aromatic hydroxyl groups is 1. The fraction of sp³-hybridized carbons (Fsp3) is 0.464. The minimum absolute atomic E-state index is 0.0947. The van der Waals surface area contributed by atoms with Crippen molar-refractivity contribution in [2.75, 3.05) is 7.05 Å². The van der Waals surface area contributed by atoms with Crippen LogP contribution < -0.4 is 10.6 Å². The van der Waals surface area contributed by atoms with Crippen LogP contribution in [0.4, 0.5) is 4.79 Å². The number of hydrogen-bond donors (Lipinski definition) is 3. The molecule has 2 rings (SSSR count). The fourth-order valence-corrected chi connectivity index (χ4v) is 3.75. The number of benzene rings is 2. The predicted octanol–water partition coefficient (Wildman–Crippen LogP) is 4.25. The normalized spacial score (nSPS) is 13.3. The van der Waals surface area contributed by atoms with Crippen molar-refractivity contribution >= 4 is 17.9 Å². The average molecular weight is 498 g/mol. The van der Waals surface area contributed by atoms with Crippen LogP contribution in [0.3, 0.4) is 0 Å². The van der Waals surface area contributed by atoms with Gasteiger partial charge in [0.15, 0.2) is 0 Å². The van der Waals surface area contributed by atoms with Gasteiger partial charge in [-0.05, 0) is 77.3 Å². The summed E-state index contributed by atoms with van der Waals surface area (Å²) in [5, 5.41) is 15.3. The van der Waals surface area contributed by atoms with Crippen LogP contribution in [0, 0.1) is 6.92 Å². The van der Waals surface area contributed by atoms with Crippen LogP contribution in [0.15, 0.2) is 48.5 Å². The Bertz CT molecular complexity index is 1070. The lowest BCUT2D eigenvalue weighted by Crippen LogP contribution is -2.54. The summed E-state index contributed by atoms with van der Waals surface area (Å²) in [5.74, 6) is -0.683. The maximum atomic E-state index is 13.8. The minimum Gasteiger partial charge on any atom is -0.508 e. The van der Waals surface area contributed by atoms with Gasteiger partial charge in [0.25, 0.3) is 0 Å². The molecule has 0 aliphatic rings. The average Bonchev–Trinajstić information content (AvgIpc) is 2.73. The zero-order chi connectivity index (χ0) is 27.3. The lowest BCUT2D eigenvalue weighted by molar-refractivity contribution is -0.141. The van der Waals surface area contributed by atoms with Gasteiger partial charge in [-0.15, -0.1) is 0 Å². The number of carbonyl (C=O) groups excluding carboxylic acids is 3. The van der Waals surface area contributed by atoms with Crippen molar-refractivity contribution in [3.63, 3.8) is 0 Å². The Kier molecular flexibility index (Phi) is 9.13. The summed E-state index contributed by atoms with van der Waals surface area (Å²) < 4.78 is 5.39. The molecule has 0 fully saturated rings. The van der Waals surface area contributed by atoms with E-state index in [1.807, 2.05) is 52.0 Å². The van der Waals surface area contributed by atoms with Gasteiger partial charge in [0, 0.05) is 19.0 Å². The number of aryl methyl sites for hydroxylation is 1. The molecular weight excluding hydrogens is 458 g/mol. The van der Waals surface area contributed by atoms with E-state index < -0.39 is 35.2 Å². The smallest absolute Gasteiger partial charge is 0.408 e. The van der Waals surface area contributed by atoms with E-state index >= 15 is 0 Å². The molecule has 3 amide bonds. The van der Waals surface area contributed by atoms with Crippen molar-refractivity contribution in [2.45, 2.75) is 78.1 Å². The second-order valence-electron chi connectivity index (χ2n) is 11.0. The predicted molar refractivity (Wildman–Crippen MR) is 140 cm³/mol. The van der Waals surface area contributed by atoms with Crippen LogP contribution in [0.5, 0.6) is 5.75 Å². The second kappa shape index (κ2) is 11.5. The van der Waals surface area contributed by atoms with Gasteiger partial charge in [0.05, 0.1) is 0 Å². The van der Waals surface area contributed by atoms with Gasteiger partial charge in [-0.2, -0.15) is 0 Å². The summed E-state index contributed by atoms with van der Waals surface area (Å²) in [6.07, 6.45) is -0.594. The highest BCUT2D eigenvalue weighted by atomic mass is 16.6. The zero-order valence-corrected chi connectivity index (χ0v) is 22.5. The highest BCUT2D eigenvalue weighted by molar-refractivity contribution is 5.92. The van der Waals surface area contributed by atoms with Crippen LogP contribution in [0.1, 0.15) is 64.3 Å². The third-order valence-electron chi connectivity index (χ3n) is 5.33. The molecular formula is C28H39N3O5. The summed E-state index contributed by atoms with van der Waals surface area (Å²) in [6.45, 7) is 12.7. The van der Waals surface area contributed by atoms with E-state index in [2.05, 4.69) is 10.6 Å². The highest BCUT2D eigenvalue weighted by Gasteiger charge is 2.35. The van der Waals surface area contributed by atoms with Crippen molar-refractivity contribution in [3.05, 3.63) is 65.2 Å². The van der Waals surface area contributed by atoms with Crippen molar-refractivity contribution in [1.82, 2.24) is 15.5 Å². The number of alkyl carbamates (subject to hydrolysis) is 1. The molecule has 0 aromatic heterocycles. The van der Waals surface area contributed by atoms with E-state index in [9.17, 15) is 19.5 Å². The first-order chi connectivity index (χ1) is 16.6. The molecule has 2 aromatic carbocycles. The van der Waals surface area contributed by atoms with Gasteiger partial charge in [-0.1, -0.05) is 36.4 Å². The first kappa shape index (κ1) is 28.7. The zero-order valence-electron chi connectivity index (χ0n) is 22.5. The second-order valence-corrected chi connectivity index (χ2v) is 11.0. The summed E-state index contributed by atoms with van der Waals surface area (Å²) in [6, 6.07) is 11.9. The number of nitrogens with zero attached hydrogens (tertiary/aromatic N) is 1. The fourth-order valence-electron chi connectivity index (χ4n) is 3.75. The van der Waals surface area contributed by atoms with E-state index in [1.54, 1.807) is 40.0 Å². The molecule has 8 heteroatoms. The van der Waals surface area contributed by atoms with Gasteiger partial charge < -0.3 is 25.4 Å². The molecule has 0 bridgehead atoms. The molecule has 2 atom stereocenters. The molecule has 0 aliphatic heterocycles. The van der Waals surface area contributed by atoms with Crippen molar-refractivity contribution in [2.24, 2.45) is 0 Å². The molecule has 0 aliphatic carbocycles. The maximum absolute atomic E-state index is 13.8. The molecule has 0 saturated heterocycles. The van der Waals surface area contributed by atoms with Crippen LogP contribution in [0.2, 0.25) is 0 Å². The van der Waals surface area contributed by atoms with E-state index in [0.717, 1.165) is 11.1 Å². The molecule has 36 heavy (non-hydrogen) atoms. The number of amides is 3. The van der Waals surface area contributed by atoms with Crippen molar-refractivity contribution in [3.8, 4) is 5.75 Å². The largest absolute Gasteiger partial charge is 0.508 e. The third kappa shape index (κ3) is 8.59. The summed E-state index contributed by atoms with van der Waals surface area (Å²) in [7, 11) is 1.56. The lowest BCUT2D eigenvalue weighted by Gasteiger charge is -2.34. The summed E-state index contributed by atoms with van der Waals surface area (Å²) in [4.78, 5) is 41.3. The van der Waals surface area contributed by atoms with Crippen molar-refractivity contribution < 1.29 is 24.2 Å². The van der Waals surface area contributed by atoms with E-state index in [4.69, 9.17) is 4.74 Å². The first-order valence-corrected chi connectivity index (χ1v) is 12.0. The Labute approximate surface area is 214 Å². The van der Waals surface area contributed by atoms with Gasteiger partial charge in [-0.25, -0.2) is 4.79 Å². The molecule has 2 aromatic rings. The van der Waals surface area contributed by atoms with Crippen LogP contribution in [-0.4, -0.2) is 52.1 Å². The number of rotatable bonds is 7. The Morgan fingerprint density at radius 2 is 1.56 bits per heavy atom. The van der Waals surface area contributed by atoms with Gasteiger partial charge >= 0.3 is 6.09 Å². The van der Waals surface area contributed by atoms with Crippen LogP contribution >= 0.6 is 0 Å². The number of phenolic OH excluding ortho intramolecular Hbond substituents is 1. The molecule has 0 radical (unpaired) electrons. The molecule has 8 nitrogen and oxygen atoms in total. The standard InChI is InChI=1S/C28H39N3O5/c1-18-11-9-10-12-21(18)23(24(33)30-27(2,3)4)31(8)25(34)22(29-26(35)36-28(5,6)7)17-19-13-15-20(32)16-14-19/h9-16,22-23,32H,17H2,1-8H3,(H,29,35)(H,30,33). The van der Waals surface area contributed by atoms with Gasteiger partial charge in [0.2, 0.25) is 11.8 Å².